The van der Waals surface area contributed by atoms with Gasteiger partial charge >= 0.3 is 0 Å². The van der Waals surface area contributed by atoms with Gasteiger partial charge in [0.2, 0.25) is 0 Å². The van der Waals surface area contributed by atoms with Crippen molar-refractivity contribution in [3.8, 4) is 0 Å². The third kappa shape index (κ3) is 2.54. The summed E-state index contributed by atoms with van der Waals surface area (Å²) in [6, 6.07) is 5.79. The van der Waals surface area contributed by atoms with Crippen molar-refractivity contribution >= 4 is 33.2 Å². The van der Waals surface area contributed by atoms with E-state index < -0.39 is 0 Å². The zero-order valence-electron chi connectivity index (χ0n) is 9.40. The zero-order chi connectivity index (χ0) is 11.7. The van der Waals surface area contributed by atoms with Crippen molar-refractivity contribution in [1.29, 1.82) is 0 Å². The Bertz CT molecular complexity index is 493. The topological polar surface area (TPSA) is 38.9 Å². The molecule has 1 heterocycles. The van der Waals surface area contributed by atoms with Gasteiger partial charge in [-0.25, -0.2) is 4.98 Å². The lowest BCUT2D eigenvalue weighted by molar-refractivity contribution is 0.509. The molecule has 1 aromatic carbocycles. The Kier molecular flexibility index (Phi) is 3.47. The van der Waals surface area contributed by atoms with E-state index >= 15 is 0 Å². The molecular formula is C12H15ClN2S. The van der Waals surface area contributed by atoms with E-state index in [2.05, 4.69) is 18.8 Å². The normalized spacial score (nSPS) is 13.6. The van der Waals surface area contributed by atoms with E-state index in [0.29, 0.717) is 5.92 Å². The monoisotopic (exact) mass is 254 g/mol. The lowest BCUT2D eigenvalue weighted by Gasteiger charge is -2.10. The van der Waals surface area contributed by atoms with Crippen molar-refractivity contribution in [2.75, 3.05) is 0 Å². The Morgan fingerprint density at radius 2 is 2.19 bits per heavy atom. The highest BCUT2D eigenvalue weighted by atomic mass is 35.5. The number of nitrogens with zero attached hydrogens (tertiary/aromatic N) is 1. The minimum Gasteiger partial charge on any atom is -0.322 e. The van der Waals surface area contributed by atoms with Crippen LogP contribution in [0.15, 0.2) is 18.2 Å². The second kappa shape index (κ2) is 4.70. The molecule has 0 radical (unpaired) electrons. The first-order valence-electron chi connectivity index (χ1n) is 5.38. The van der Waals surface area contributed by atoms with Gasteiger partial charge in [0.15, 0.2) is 0 Å². The molecule has 0 aliphatic rings. The van der Waals surface area contributed by atoms with Crippen LogP contribution in [0, 0.1) is 5.92 Å². The van der Waals surface area contributed by atoms with Gasteiger partial charge in [-0.3, -0.25) is 0 Å². The van der Waals surface area contributed by atoms with Gasteiger partial charge < -0.3 is 5.73 Å². The van der Waals surface area contributed by atoms with E-state index in [0.717, 1.165) is 26.7 Å². The summed E-state index contributed by atoms with van der Waals surface area (Å²) in [5.74, 6) is 0.589. The van der Waals surface area contributed by atoms with Crippen LogP contribution in [0.3, 0.4) is 0 Å². The Balaban J connectivity index is 2.32. The lowest BCUT2D eigenvalue weighted by atomic mass is 10.1. The van der Waals surface area contributed by atoms with E-state index in [1.807, 2.05) is 18.2 Å². The van der Waals surface area contributed by atoms with Crippen LogP contribution < -0.4 is 5.73 Å². The average Bonchev–Trinajstić information content (AvgIpc) is 2.59. The Morgan fingerprint density at radius 1 is 1.44 bits per heavy atom. The third-order valence-corrected chi connectivity index (χ3v) is 3.79. The number of benzene rings is 1. The molecule has 0 bridgehead atoms. The quantitative estimate of drug-likeness (QED) is 0.899. The molecule has 1 aromatic heterocycles. The second-order valence-electron chi connectivity index (χ2n) is 4.40. The zero-order valence-corrected chi connectivity index (χ0v) is 11.0. The largest absolute Gasteiger partial charge is 0.322 e. The SMILES string of the molecule is CC(C)CC(N)c1nc2ccc(Cl)cc2s1. The molecule has 2 rings (SSSR count). The second-order valence-corrected chi connectivity index (χ2v) is 5.90. The molecule has 4 heteroatoms. The molecule has 1 atom stereocenters. The summed E-state index contributed by atoms with van der Waals surface area (Å²) >= 11 is 7.58. The standard InChI is InChI=1S/C12H15ClN2S/c1-7(2)5-9(14)12-15-10-4-3-8(13)6-11(10)16-12/h3-4,6-7,9H,5,14H2,1-2H3. The van der Waals surface area contributed by atoms with Crippen LogP contribution in [0.5, 0.6) is 0 Å². The fourth-order valence-corrected chi connectivity index (χ4v) is 2.94. The molecule has 1 unspecified atom stereocenters. The molecule has 0 amide bonds. The van der Waals surface area contributed by atoms with Crippen LogP contribution in [0.2, 0.25) is 5.02 Å². The van der Waals surface area contributed by atoms with Gasteiger partial charge in [0.25, 0.3) is 0 Å². The molecule has 0 spiro atoms. The predicted octanol–water partition coefficient (Wildman–Crippen LogP) is 4.00. The first kappa shape index (κ1) is 11.8. The molecule has 0 saturated heterocycles. The molecule has 86 valence electrons. The molecule has 0 saturated carbocycles. The molecule has 0 aliphatic carbocycles. The highest BCUT2D eigenvalue weighted by molar-refractivity contribution is 7.18. The maximum absolute atomic E-state index is 6.11. The summed E-state index contributed by atoms with van der Waals surface area (Å²) in [6.07, 6.45) is 0.966. The molecule has 0 aliphatic heterocycles. The molecule has 2 nitrogen and oxygen atoms in total. The number of halogens is 1. The molecule has 16 heavy (non-hydrogen) atoms. The van der Waals surface area contributed by atoms with Gasteiger partial charge in [0.1, 0.15) is 5.01 Å². The van der Waals surface area contributed by atoms with Gasteiger partial charge in [-0.05, 0) is 30.5 Å². The van der Waals surface area contributed by atoms with E-state index in [4.69, 9.17) is 17.3 Å². The van der Waals surface area contributed by atoms with Crippen LogP contribution in [0.1, 0.15) is 31.3 Å². The number of thiazole rings is 1. The van der Waals surface area contributed by atoms with Crippen molar-refractivity contribution in [3.63, 3.8) is 0 Å². The number of hydrogen-bond donors (Lipinski definition) is 1. The van der Waals surface area contributed by atoms with Crippen molar-refractivity contribution in [2.24, 2.45) is 11.7 Å². The molecule has 2 aromatic rings. The van der Waals surface area contributed by atoms with Crippen LogP contribution >= 0.6 is 22.9 Å². The van der Waals surface area contributed by atoms with Crippen LogP contribution in [0.4, 0.5) is 0 Å². The minimum absolute atomic E-state index is 0.0381. The Hall–Kier alpha value is -0.640. The number of hydrogen-bond acceptors (Lipinski definition) is 3. The minimum atomic E-state index is 0.0381. The van der Waals surface area contributed by atoms with Crippen LogP contribution in [-0.4, -0.2) is 4.98 Å². The van der Waals surface area contributed by atoms with Crippen molar-refractivity contribution < 1.29 is 0 Å². The Labute approximate surface area is 104 Å². The van der Waals surface area contributed by atoms with Crippen LogP contribution in [-0.2, 0) is 0 Å². The van der Waals surface area contributed by atoms with Crippen molar-refractivity contribution in [2.45, 2.75) is 26.3 Å². The Morgan fingerprint density at radius 3 is 2.88 bits per heavy atom. The van der Waals surface area contributed by atoms with Crippen LogP contribution in [0.25, 0.3) is 10.2 Å². The number of rotatable bonds is 3. The van der Waals surface area contributed by atoms with E-state index in [1.54, 1.807) is 11.3 Å². The van der Waals surface area contributed by atoms with Gasteiger partial charge in [-0.2, -0.15) is 0 Å². The predicted molar refractivity (Wildman–Crippen MR) is 71.0 cm³/mol. The van der Waals surface area contributed by atoms with E-state index in [9.17, 15) is 0 Å². The van der Waals surface area contributed by atoms with Gasteiger partial charge in [0, 0.05) is 5.02 Å². The summed E-state index contributed by atoms with van der Waals surface area (Å²) in [6.45, 7) is 4.34. The summed E-state index contributed by atoms with van der Waals surface area (Å²) in [5, 5.41) is 1.76. The van der Waals surface area contributed by atoms with Gasteiger partial charge in [-0.1, -0.05) is 25.4 Å². The maximum Gasteiger partial charge on any atom is 0.111 e. The smallest absolute Gasteiger partial charge is 0.111 e. The molecule has 0 fully saturated rings. The number of aromatic nitrogens is 1. The van der Waals surface area contributed by atoms with E-state index in [1.165, 1.54) is 0 Å². The highest BCUT2D eigenvalue weighted by Crippen LogP contribution is 2.29. The molecular weight excluding hydrogens is 240 g/mol. The fourth-order valence-electron chi connectivity index (χ4n) is 1.68. The highest BCUT2D eigenvalue weighted by Gasteiger charge is 2.13. The van der Waals surface area contributed by atoms with Crippen molar-refractivity contribution in [3.05, 3.63) is 28.2 Å². The molecule has 2 N–H and O–H groups in total. The van der Waals surface area contributed by atoms with E-state index in [-0.39, 0.29) is 6.04 Å². The fraction of sp³-hybridized carbons (Fsp3) is 0.417. The van der Waals surface area contributed by atoms with Crippen molar-refractivity contribution in [1.82, 2.24) is 4.98 Å². The lowest BCUT2D eigenvalue weighted by Crippen LogP contribution is -2.12. The number of nitrogens with two attached hydrogens (primary N) is 1. The first-order valence-corrected chi connectivity index (χ1v) is 6.57. The van der Waals surface area contributed by atoms with Gasteiger partial charge in [0.05, 0.1) is 16.3 Å². The average molecular weight is 255 g/mol. The maximum atomic E-state index is 6.11. The summed E-state index contributed by atoms with van der Waals surface area (Å²) in [4.78, 5) is 4.54. The van der Waals surface area contributed by atoms with Gasteiger partial charge in [-0.15, -0.1) is 11.3 Å². The number of fused-ring (bicyclic) bond motifs is 1. The summed E-state index contributed by atoms with van der Waals surface area (Å²) < 4.78 is 1.11. The summed E-state index contributed by atoms with van der Waals surface area (Å²) in [5.41, 5.74) is 7.10. The third-order valence-electron chi connectivity index (χ3n) is 2.41. The summed E-state index contributed by atoms with van der Waals surface area (Å²) in [7, 11) is 0. The first-order chi connectivity index (χ1) is 7.56.